The number of methoxy groups -OCH3 is 2. The van der Waals surface area contributed by atoms with Crippen molar-refractivity contribution in [1.29, 1.82) is 5.26 Å². The summed E-state index contributed by atoms with van der Waals surface area (Å²) in [6.45, 7) is 16.9. The zero-order valence-corrected chi connectivity index (χ0v) is 44.2. The molecule has 1 aromatic heterocycles. The molecule has 0 radical (unpaired) electrons. The second kappa shape index (κ2) is 27.2. The van der Waals surface area contributed by atoms with E-state index in [0.29, 0.717) is 24.4 Å². The summed E-state index contributed by atoms with van der Waals surface area (Å²) in [6.07, 6.45) is 3.17. The number of allylic oxidation sites excluding steroid dienone is 6. The average Bonchev–Trinajstić information content (AvgIpc) is 3.84. The molecule has 9 unspecified atom stereocenters. The van der Waals surface area contributed by atoms with Crippen molar-refractivity contribution < 1.29 is 72.6 Å². The van der Waals surface area contributed by atoms with Crippen molar-refractivity contribution in [3.05, 3.63) is 59.4 Å². The Kier molecular flexibility index (Phi) is 23.8. The fourth-order valence-electron chi connectivity index (χ4n) is 9.30. The van der Waals surface area contributed by atoms with Crippen molar-refractivity contribution in [3.63, 3.8) is 0 Å². The number of phosphoric acid groups is 1. The number of amides is 1. The van der Waals surface area contributed by atoms with Crippen LogP contribution in [0.25, 0.3) is 6.08 Å². The molecule has 1 spiro atoms. The maximum absolute atomic E-state index is 12.6. The summed E-state index contributed by atoms with van der Waals surface area (Å²) in [6, 6.07) is 1.41. The van der Waals surface area contributed by atoms with E-state index in [1.165, 1.54) is 26.6 Å². The molecule has 16 atom stereocenters. The third-order valence-corrected chi connectivity index (χ3v) is 15.0. The van der Waals surface area contributed by atoms with Crippen molar-refractivity contribution in [2.45, 2.75) is 167 Å². The van der Waals surface area contributed by atoms with Gasteiger partial charge in [-0.1, -0.05) is 78.3 Å². The number of carbonyl (C=O) groups excluding carboxylic acids is 1. The number of rotatable bonds is 27. The van der Waals surface area contributed by atoms with Crippen LogP contribution in [0.3, 0.4) is 0 Å². The minimum absolute atomic E-state index is 0.0581. The number of carbonyl (C=O) groups is 1. The summed E-state index contributed by atoms with van der Waals surface area (Å²) >= 11 is 0. The lowest BCUT2D eigenvalue weighted by Gasteiger charge is -2.50. The predicted octanol–water partition coefficient (Wildman–Crippen LogP) is 4.77. The molecule has 3 rings (SSSR count). The zero-order valence-electron chi connectivity index (χ0n) is 43.3. The maximum Gasteiger partial charge on any atom is 0.469 e. The number of hydrogen-bond acceptors (Lipinski definition) is 16. The topological polar surface area (TPSA) is 287 Å². The monoisotopic (exact) mass is 1010 g/mol. The van der Waals surface area contributed by atoms with Gasteiger partial charge in [-0.15, -0.1) is 0 Å². The van der Waals surface area contributed by atoms with E-state index in [-0.39, 0.29) is 50.2 Å². The quantitative estimate of drug-likeness (QED) is 0.0335. The van der Waals surface area contributed by atoms with Crippen molar-refractivity contribution >= 4 is 19.8 Å². The Morgan fingerprint density at radius 1 is 1.09 bits per heavy atom. The van der Waals surface area contributed by atoms with Gasteiger partial charge in [-0.05, 0) is 70.7 Å². The van der Waals surface area contributed by atoms with Gasteiger partial charge in [-0.2, -0.15) is 5.26 Å². The highest BCUT2D eigenvalue weighted by atomic mass is 31.2. The number of aromatic nitrogens is 1. The number of nitriles is 1. The van der Waals surface area contributed by atoms with Crippen LogP contribution in [0.1, 0.15) is 112 Å². The molecule has 20 heteroatoms. The van der Waals surface area contributed by atoms with E-state index < -0.39 is 97.7 Å². The highest BCUT2D eigenvalue weighted by Crippen LogP contribution is 2.59. The van der Waals surface area contributed by atoms with E-state index in [4.69, 9.17) is 33.2 Å². The van der Waals surface area contributed by atoms with Crippen molar-refractivity contribution in [3.8, 4) is 6.07 Å². The minimum atomic E-state index is -5.15. The Balaban J connectivity index is 1.72. The van der Waals surface area contributed by atoms with Gasteiger partial charge in [0.25, 0.3) is 5.91 Å². The van der Waals surface area contributed by atoms with E-state index in [1.807, 2.05) is 65.0 Å². The fourth-order valence-corrected chi connectivity index (χ4v) is 9.98. The summed E-state index contributed by atoms with van der Waals surface area (Å²) in [5, 5.41) is 67.2. The van der Waals surface area contributed by atoms with Crippen LogP contribution < -0.4 is 5.32 Å². The molecule has 0 aromatic carbocycles. The number of phosphoric ester groups is 1. The van der Waals surface area contributed by atoms with Gasteiger partial charge in [-0.3, -0.25) is 9.32 Å². The number of likely N-dealkylation sites (N-methyl/N-ethyl adjacent to an activating group) is 1. The number of ether oxygens (including phenoxy) is 4. The van der Waals surface area contributed by atoms with Crippen LogP contribution in [0, 0.1) is 40.4 Å². The highest BCUT2D eigenvalue weighted by molar-refractivity contribution is 7.46. The molecule has 8 N–H and O–H groups in total. The van der Waals surface area contributed by atoms with E-state index in [0.717, 1.165) is 11.1 Å². The Morgan fingerprint density at radius 3 is 2.36 bits per heavy atom. The van der Waals surface area contributed by atoms with Gasteiger partial charge < -0.3 is 68.9 Å². The number of oxazole rings is 1. The predicted molar refractivity (Wildman–Crippen MR) is 262 cm³/mol. The largest absolute Gasteiger partial charge is 0.469 e. The van der Waals surface area contributed by atoms with Gasteiger partial charge in [0, 0.05) is 62.9 Å². The third-order valence-electron chi connectivity index (χ3n) is 14.4. The summed E-state index contributed by atoms with van der Waals surface area (Å²) in [5.41, 5.74) is 1.13. The number of hydrogen-bond donors (Lipinski definition) is 8. The van der Waals surface area contributed by atoms with Gasteiger partial charge in [0.05, 0.1) is 49.2 Å². The molecule has 0 aliphatic carbocycles. The van der Waals surface area contributed by atoms with Crippen LogP contribution in [0.15, 0.2) is 52.2 Å². The summed E-state index contributed by atoms with van der Waals surface area (Å²) in [5.74, 6) is -3.30. The average molecular weight is 1010 g/mol. The SMILES string of the molecule is COC[C@H](C(O)[C@@H](O)C(=O)NCCC(C)c1nc(/C=C/CC2O[C@@]3(CC(O)[C@H]2C)OC([C@@H](CC(O)[C@@H](C)C(O)[C@@H](C)CC(C)\C(C)=C/C=C/C(C)=C/C#N)OC)C(OP(=O)(O)O)C3(C)C)co1)N(C)C. The number of nitrogens with one attached hydrogen (secondary N) is 1. The maximum atomic E-state index is 12.6. The van der Waals surface area contributed by atoms with Gasteiger partial charge in [0.15, 0.2) is 17.8 Å². The van der Waals surface area contributed by atoms with Crippen LogP contribution >= 0.6 is 7.82 Å². The van der Waals surface area contributed by atoms with Gasteiger partial charge >= 0.3 is 7.82 Å². The first-order chi connectivity index (χ1) is 32.6. The zero-order chi connectivity index (χ0) is 52.9. The number of nitrogens with zero attached hydrogens (tertiary/aromatic N) is 3. The summed E-state index contributed by atoms with van der Waals surface area (Å²) in [4.78, 5) is 39.2. The Bertz CT molecular complexity index is 2010. The van der Waals surface area contributed by atoms with Gasteiger partial charge in [0.1, 0.15) is 30.3 Å². The number of aliphatic hydroxyl groups excluding tert-OH is 5. The van der Waals surface area contributed by atoms with Crippen molar-refractivity contribution in [2.24, 2.45) is 29.1 Å². The van der Waals surface area contributed by atoms with Crippen LogP contribution in [0.5, 0.6) is 0 Å². The van der Waals surface area contributed by atoms with Crippen LogP contribution in [-0.2, 0) is 32.8 Å². The lowest BCUT2D eigenvalue weighted by atomic mass is 9.72. The molecule has 2 aliphatic heterocycles. The lowest BCUT2D eigenvalue weighted by Crippen LogP contribution is -2.58. The summed E-state index contributed by atoms with van der Waals surface area (Å²) in [7, 11) is 1.14. The van der Waals surface area contributed by atoms with Gasteiger partial charge in [0.2, 0.25) is 0 Å². The molecule has 2 saturated heterocycles. The molecule has 2 fully saturated rings. The molecule has 0 bridgehead atoms. The summed E-state index contributed by atoms with van der Waals surface area (Å²) < 4.78 is 48.2. The lowest BCUT2D eigenvalue weighted by molar-refractivity contribution is -0.334. The van der Waals surface area contributed by atoms with E-state index in [2.05, 4.69) is 17.2 Å². The molecule has 0 saturated carbocycles. The third kappa shape index (κ3) is 16.4. The molecule has 1 aromatic rings. The molecule has 1 amide bonds. The van der Waals surface area contributed by atoms with Crippen molar-refractivity contribution in [1.82, 2.24) is 15.2 Å². The molecular weight excluding hydrogens is 928 g/mol. The van der Waals surface area contributed by atoms with Gasteiger partial charge in [-0.25, -0.2) is 9.55 Å². The van der Waals surface area contributed by atoms with Crippen LogP contribution in [0.2, 0.25) is 0 Å². The van der Waals surface area contributed by atoms with E-state index in [9.17, 15) is 44.7 Å². The molecule has 19 nitrogen and oxygen atoms in total. The Morgan fingerprint density at radius 2 is 1.76 bits per heavy atom. The first-order valence-corrected chi connectivity index (χ1v) is 25.7. The highest BCUT2D eigenvalue weighted by Gasteiger charge is 2.68. The van der Waals surface area contributed by atoms with Crippen molar-refractivity contribution in [2.75, 3.05) is 41.5 Å². The molecule has 70 heavy (non-hydrogen) atoms. The minimum Gasteiger partial charge on any atom is -0.448 e. The Hall–Kier alpha value is -3.16. The second-order valence-corrected chi connectivity index (χ2v) is 21.5. The van der Waals surface area contributed by atoms with Crippen LogP contribution in [-0.4, -0.2) is 159 Å². The Labute approximate surface area is 414 Å². The smallest absolute Gasteiger partial charge is 0.448 e. The fraction of sp³-hybridized carbons (Fsp3) is 0.740. The second-order valence-electron chi connectivity index (χ2n) is 20.3. The standard InChI is InChI=1S/C50H83N4O15P/c1-29(20-22-51)16-14-17-30(2)32(4)24-33(5)42(57)35(7)38(55)25-41(65-13)45-46(69-70(61,62)63)49(8,9)50(68-45)26-39(56)34(6)40(67-50)19-15-18-36-27-66-48(53-36)31(3)21-23-52-47(60)44(59)43(58)37(28-64-12)54(10)11/h14-18,20,27,31-35,37-46,55-59H,19,21,23-26,28H2,1-13H3,(H,52,60)(H2,61,62,63)/b16-14+,18-15+,29-20+,30-17-/t31?,32?,33-,34+,35+,37+,38?,39?,40?,41+,42?,43?,44+,45?,46?,50-/m0/s1. The first-order valence-electron chi connectivity index (χ1n) is 24.1. The van der Waals surface area contributed by atoms with E-state index in [1.54, 1.807) is 45.8 Å². The van der Waals surface area contributed by atoms with E-state index >= 15 is 0 Å². The number of aliphatic hydroxyl groups is 5. The molecule has 3 heterocycles. The first kappa shape index (κ1) is 61.1. The van der Waals surface area contributed by atoms with Crippen LogP contribution in [0.4, 0.5) is 0 Å². The molecular formula is C50H83N4O15P. The molecule has 398 valence electrons. The normalized spacial score (nSPS) is 27.8. The molecule has 2 aliphatic rings.